The van der Waals surface area contributed by atoms with Crippen molar-refractivity contribution < 1.29 is 29.0 Å². The summed E-state index contributed by atoms with van der Waals surface area (Å²) >= 11 is 0. The predicted octanol–water partition coefficient (Wildman–Crippen LogP) is 1.47. The van der Waals surface area contributed by atoms with Gasteiger partial charge in [-0.25, -0.2) is 4.79 Å². The van der Waals surface area contributed by atoms with Crippen LogP contribution in [0.15, 0.2) is 23.5 Å². The summed E-state index contributed by atoms with van der Waals surface area (Å²) in [5, 5.41) is 10.9. The molecular weight excluding hydrogens is 324 g/mol. The van der Waals surface area contributed by atoms with Gasteiger partial charge >= 0.3 is 5.97 Å². The molecule has 0 unspecified atom stereocenters. The molecule has 3 aliphatic heterocycles. The quantitative estimate of drug-likeness (QED) is 0.528. The summed E-state index contributed by atoms with van der Waals surface area (Å²) in [7, 11) is 0. The Morgan fingerprint density at radius 3 is 2.64 bits per heavy atom. The van der Waals surface area contributed by atoms with Crippen molar-refractivity contribution in [3.8, 4) is 0 Å². The van der Waals surface area contributed by atoms with Gasteiger partial charge < -0.3 is 14.6 Å². The van der Waals surface area contributed by atoms with Crippen LogP contribution in [0.1, 0.15) is 40.0 Å². The molecule has 1 spiro atoms. The van der Waals surface area contributed by atoms with Gasteiger partial charge in [-0.15, -0.1) is 0 Å². The summed E-state index contributed by atoms with van der Waals surface area (Å²) in [4.78, 5) is 37.5. The second kappa shape index (κ2) is 5.04. The highest BCUT2D eigenvalue weighted by molar-refractivity contribution is 6.19. The van der Waals surface area contributed by atoms with Crippen LogP contribution >= 0.6 is 0 Å². The first-order valence-electron chi connectivity index (χ1n) is 8.81. The summed E-state index contributed by atoms with van der Waals surface area (Å²) in [6.07, 6.45) is 3.07. The Labute approximate surface area is 145 Å². The molecule has 0 aromatic carbocycles. The minimum atomic E-state index is -1.19. The van der Waals surface area contributed by atoms with Crippen LogP contribution in [0.3, 0.4) is 0 Å². The first-order valence-corrected chi connectivity index (χ1v) is 8.81. The number of allylic oxidation sites excluding steroid dienone is 1. The molecule has 1 N–H and O–H groups in total. The smallest absolute Gasteiger partial charge is 0.346 e. The molecule has 5 rings (SSSR count). The van der Waals surface area contributed by atoms with Crippen molar-refractivity contribution in [2.75, 3.05) is 0 Å². The fourth-order valence-corrected chi connectivity index (χ4v) is 4.61. The average Bonchev–Trinajstić information content (AvgIpc) is 2.82. The molecule has 6 heteroatoms. The van der Waals surface area contributed by atoms with Crippen molar-refractivity contribution in [3.63, 3.8) is 0 Å². The Kier molecular flexibility index (Phi) is 3.33. The van der Waals surface area contributed by atoms with Gasteiger partial charge in [0.25, 0.3) is 0 Å². The Bertz CT molecular complexity index is 749. The van der Waals surface area contributed by atoms with Gasteiger partial charge in [-0.1, -0.05) is 19.9 Å². The highest BCUT2D eigenvalue weighted by Crippen LogP contribution is 2.60. The van der Waals surface area contributed by atoms with Crippen LogP contribution in [0.2, 0.25) is 0 Å². The molecule has 0 amide bonds. The molecule has 0 radical (unpaired) electrons. The molecule has 134 valence electrons. The van der Waals surface area contributed by atoms with Crippen molar-refractivity contribution in [2.45, 2.75) is 57.3 Å². The van der Waals surface area contributed by atoms with Crippen LogP contribution in [0, 0.1) is 17.8 Å². The van der Waals surface area contributed by atoms with Crippen molar-refractivity contribution in [1.29, 1.82) is 0 Å². The molecule has 5 bridgehead atoms. The van der Waals surface area contributed by atoms with E-state index in [0.29, 0.717) is 12.8 Å². The third-order valence-electron chi connectivity index (χ3n) is 6.50. The maximum absolute atomic E-state index is 12.7. The standard InChI is InChI=1S/C19H22O6/c1-9-4-6-13(21)14-16-19(25-17(14)23)8-10(2)18(3,24-16)15(22)11(19)5-7-12(9)20/h5,7,9-11,15,22H,4,6,8H2,1-3H3/b7-5+/t9-,10-,11-,15-,18-,19-/m0/s1. The number of rotatable bonds is 0. The molecule has 2 aliphatic carbocycles. The van der Waals surface area contributed by atoms with Crippen molar-refractivity contribution in [1.82, 2.24) is 0 Å². The normalized spacial score (nSPS) is 47.3. The summed E-state index contributed by atoms with van der Waals surface area (Å²) in [6, 6.07) is 0. The highest BCUT2D eigenvalue weighted by Gasteiger charge is 2.70. The van der Waals surface area contributed by atoms with Gasteiger partial charge in [0.15, 0.2) is 22.9 Å². The lowest BCUT2D eigenvalue weighted by Gasteiger charge is -2.59. The zero-order chi connectivity index (χ0) is 18.1. The van der Waals surface area contributed by atoms with E-state index in [1.807, 2.05) is 6.92 Å². The number of fused-ring (bicyclic) bond motifs is 1. The van der Waals surface area contributed by atoms with Gasteiger partial charge in [0, 0.05) is 24.7 Å². The van der Waals surface area contributed by atoms with Crippen molar-refractivity contribution in [3.05, 3.63) is 23.5 Å². The van der Waals surface area contributed by atoms with E-state index in [1.165, 1.54) is 6.08 Å². The Balaban J connectivity index is 1.94. The second-order valence-electron chi connectivity index (χ2n) is 7.97. The number of hydrogen-bond acceptors (Lipinski definition) is 6. The van der Waals surface area contributed by atoms with Crippen LogP contribution in [-0.2, 0) is 23.9 Å². The fourth-order valence-electron chi connectivity index (χ4n) is 4.61. The third-order valence-corrected chi connectivity index (χ3v) is 6.50. The lowest BCUT2D eigenvalue weighted by Crippen LogP contribution is -2.69. The number of Topliss-reactive ketones (excluding diaryl/α,β-unsaturated/α-hetero) is 1. The van der Waals surface area contributed by atoms with E-state index in [4.69, 9.17) is 9.47 Å². The Hall–Kier alpha value is -1.95. The average molecular weight is 346 g/mol. The van der Waals surface area contributed by atoms with E-state index in [1.54, 1.807) is 19.9 Å². The van der Waals surface area contributed by atoms with Gasteiger partial charge in [0.2, 0.25) is 0 Å². The van der Waals surface area contributed by atoms with E-state index in [-0.39, 0.29) is 41.2 Å². The molecule has 6 nitrogen and oxygen atoms in total. The first kappa shape index (κ1) is 16.5. The van der Waals surface area contributed by atoms with Crippen LogP contribution in [-0.4, -0.2) is 39.9 Å². The van der Waals surface area contributed by atoms with E-state index in [9.17, 15) is 19.5 Å². The topological polar surface area (TPSA) is 89.9 Å². The van der Waals surface area contributed by atoms with Crippen molar-refractivity contribution in [2.24, 2.45) is 17.8 Å². The molecule has 3 heterocycles. The van der Waals surface area contributed by atoms with E-state index >= 15 is 0 Å². The van der Waals surface area contributed by atoms with E-state index in [0.717, 1.165) is 0 Å². The lowest BCUT2D eigenvalue weighted by atomic mass is 9.59. The zero-order valence-electron chi connectivity index (χ0n) is 14.6. The van der Waals surface area contributed by atoms with E-state index < -0.39 is 29.2 Å². The SMILES string of the molecule is C[C@H]1CCC(=O)C2=C3O[C@@]4(C)[C@@H](C)C[C@]3(OC2=O)[C@@H](/C=C/C1=O)[C@@H]4O. The number of ketones is 2. The molecule has 25 heavy (non-hydrogen) atoms. The zero-order valence-corrected chi connectivity index (χ0v) is 14.6. The van der Waals surface area contributed by atoms with E-state index in [2.05, 4.69) is 0 Å². The molecule has 3 fully saturated rings. The second-order valence-corrected chi connectivity index (χ2v) is 7.97. The monoisotopic (exact) mass is 346 g/mol. The number of carbonyl (C=O) groups excluding carboxylic acids is 3. The molecule has 6 atom stereocenters. The minimum Gasteiger partial charge on any atom is -0.484 e. The third kappa shape index (κ3) is 1.97. The lowest BCUT2D eigenvalue weighted by molar-refractivity contribution is -0.262. The highest BCUT2D eigenvalue weighted by atomic mass is 16.6. The van der Waals surface area contributed by atoms with Gasteiger partial charge in [-0.2, -0.15) is 0 Å². The minimum absolute atomic E-state index is 0.0371. The maximum atomic E-state index is 12.7. The first-order chi connectivity index (χ1) is 11.7. The number of ether oxygens (including phenoxy) is 2. The molecule has 0 aromatic rings. The summed E-state index contributed by atoms with van der Waals surface area (Å²) in [5.74, 6) is -1.86. The van der Waals surface area contributed by atoms with Crippen LogP contribution in [0.5, 0.6) is 0 Å². The fraction of sp³-hybridized carbons (Fsp3) is 0.632. The summed E-state index contributed by atoms with van der Waals surface area (Å²) in [6.45, 7) is 5.48. The summed E-state index contributed by atoms with van der Waals surface area (Å²) < 4.78 is 11.7. The Morgan fingerprint density at radius 1 is 1.20 bits per heavy atom. The van der Waals surface area contributed by atoms with Gasteiger partial charge in [0.1, 0.15) is 17.3 Å². The Morgan fingerprint density at radius 2 is 1.92 bits per heavy atom. The number of aliphatic hydroxyl groups excluding tert-OH is 1. The maximum Gasteiger partial charge on any atom is 0.346 e. The van der Waals surface area contributed by atoms with Crippen LogP contribution in [0.25, 0.3) is 0 Å². The number of aliphatic hydroxyl groups is 1. The van der Waals surface area contributed by atoms with Gasteiger partial charge in [-0.05, 0) is 19.4 Å². The molecule has 0 aromatic heterocycles. The largest absolute Gasteiger partial charge is 0.484 e. The number of esters is 1. The van der Waals surface area contributed by atoms with Crippen LogP contribution in [0.4, 0.5) is 0 Å². The van der Waals surface area contributed by atoms with Crippen molar-refractivity contribution >= 4 is 17.5 Å². The molecule has 5 aliphatic rings. The molecular formula is C19H22O6. The predicted molar refractivity (Wildman–Crippen MR) is 86.2 cm³/mol. The molecule has 1 saturated carbocycles. The number of carbonyl (C=O) groups is 3. The van der Waals surface area contributed by atoms with Gasteiger partial charge in [-0.3, -0.25) is 9.59 Å². The summed E-state index contributed by atoms with van der Waals surface area (Å²) in [5.41, 5.74) is -2.16. The molecule has 2 saturated heterocycles. The van der Waals surface area contributed by atoms with Crippen LogP contribution < -0.4 is 0 Å². The van der Waals surface area contributed by atoms with Gasteiger partial charge in [0.05, 0.1) is 5.92 Å². The number of hydrogen-bond donors (Lipinski definition) is 1.